The number of nitrogens with one attached hydrogen (secondary N) is 1. The molecule has 0 heterocycles. The third-order valence-electron chi connectivity index (χ3n) is 1.50. The van der Waals surface area contributed by atoms with Crippen molar-refractivity contribution in [3.8, 4) is 0 Å². The van der Waals surface area contributed by atoms with Crippen LogP contribution >= 0.6 is 11.6 Å². The molecule has 0 bridgehead atoms. The molecule has 0 aromatic carbocycles. The van der Waals surface area contributed by atoms with E-state index in [1.807, 2.05) is 0 Å². The van der Waals surface area contributed by atoms with Crippen LogP contribution in [0, 0.1) is 0 Å². The second kappa shape index (κ2) is 7.55. The van der Waals surface area contributed by atoms with Crippen molar-refractivity contribution in [2.45, 2.75) is 19.3 Å². The van der Waals surface area contributed by atoms with Crippen LogP contribution in [0.1, 0.15) is 19.3 Å². The minimum absolute atomic E-state index is 0.157. The van der Waals surface area contributed by atoms with Crippen LogP contribution in [0.15, 0.2) is 0 Å². The number of rotatable bonds is 8. The molecule has 0 unspecified atom stereocenters. The highest BCUT2D eigenvalue weighted by atomic mass is 35.5. The minimum Gasteiger partial charge on any atom is -0.330 e. The summed E-state index contributed by atoms with van der Waals surface area (Å²) in [5.74, 6) is 0.669. The van der Waals surface area contributed by atoms with E-state index in [-0.39, 0.29) is 5.75 Å². The van der Waals surface area contributed by atoms with E-state index in [4.69, 9.17) is 17.3 Å². The first kappa shape index (κ1) is 13.2. The molecule has 0 aromatic rings. The number of unbranched alkanes of at least 4 members (excludes halogenated alkanes) is 1. The Balaban J connectivity index is 3.55. The molecule has 3 N–H and O–H groups in total. The molecule has 0 aliphatic rings. The number of alkyl halides is 1. The largest absolute Gasteiger partial charge is 0.330 e. The molecule has 80 valence electrons. The number of halogens is 1. The lowest BCUT2D eigenvalue weighted by Gasteiger charge is -2.04. The van der Waals surface area contributed by atoms with Gasteiger partial charge in [-0.05, 0) is 25.8 Å². The van der Waals surface area contributed by atoms with E-state index < -0.39 is 10.0 Å². The van der Waals surface area contributed by atoms with Crippen LogP contribution in [0.3, 0.4) is 0 Å². The number of hydrogen-bond acceptors (Lipinski definition) is 3. The lowest BCUT2D eigenvalue weighted by molar-refractivity contribution is 0.576. The minimum atomic E-state index is -3.09. The normalized spacial score (nSPS) is 11.8. The zero-order valence-corrected chi connectivity index (χ0v) is 9.20. The molecule has 0 saturated carbocycles. The zero-order valence-electron chi connectivity index (χ0n) is 7.63. The van der Waals surface area contributed by atoms with E-state index in [9.17, 15) is 8.42 Å². The van der Waals surface area contributed by atoms with Gasteiger partial charge in [-0.3, -0.25) is 0 Å². The Hall–Kier alpha value is 0.160. The van der Waals surface area contributed by atoms with Gasteiger partial charge in [0.05, 0.1) is 5.75 Å². The van der Waals surface area contributed by atoms with Crippen molar-refractivity contribution in [3.63, 3.8) is 0 Å². The van der Waals surface area contributed by atoms with E-state index in [2.05, 4.69) is 4.72 Å². The predicted molar refractivity (Wildman–Crippen MR) is 55.4 cm³/mol. The van der Waals surface area contributed by atoms with Gasteiger partial charge in [0.25, 0.3) is 0 Å². The molecule has 0 saturated heterocycles. The zero-order chi connectivity index (χ0) is 10.2. The Bertz CT molecular complexity index is 191. The summed E-state index contributed by atoms with van der Waals surface area (Å²) < 4.78 is 24.8. The van der Waals surface area contributed by atoms with Gasteiger partial charge in [-0.2, -0.15) is 0 Å². The van der Waals surface area contributed by atoms with Crippen LogP contribution in [0.25, 0.3) is 0 Å². The van der Waals surface area contributed by atoms with Crippen LogP contribution in [0.4, 0.5) is 0 Å². The van der Waals surface area contributed by atoms with Crippen molar-refractivity contribution in [2.75, 3.05) is 24.7 Å². The highest BCUT2D eigenvalue weighted by Gasteiger charge is 2.07. The smallest absolute Gasteiger partial charge is 0.211 e. The van der Waals surface area contributed by atoms with Crippen LogP contribution in [0.5, 0.6) is 0 Å². The first-order chi connectivity index (χ1) is 6.12. The fraction of sp³-hybridized carbons (Fsp3) is 1.00. The third kappa shape index (κ3) is 8.49. The Kier molecular flexibility index (Phi) is 7.65. The molecule has 0 rings (SSSR count). The van der Waals surface area contributed by atoms with Crippen molar-refractivity contribution in [1.82, 2.24) is 4.72 Å². The van der Waals surface area contributed by atoms with Gasteiger partial charge in [-0.1, -0.05) is 0 Å². The second-order valence-corrected chi connectivity index (χ2v) is 5.06. The summed E-state index contributed by atoms with van der Waals surface area (Å²) in [6, 6.07) is 0. The average Bonchev–Trinajstić information content (AvgIpc) is 2.05. The number of nitrogens with two attached hydrogens (primary N) is 1. The SMILES string of the molecule is NCCCNS(=O)(=O)CCCCCl. The van der Waals surface area contributed by atoms with E-state index in [0.717, 1.165) is 6.42 Å². The standard InChI is InChI=1S/C7H17ClN2O2S/c8-4-1-2-7-13(11,12)10-6-3-5-9/h10H,1-7,9H2. The quantitative estimate of drug-likeness (QED) is 0.463. The summed E-state index contributed by atoms with van der Waals surface area (Å²) in [4.78, 5) is 0. The summed E-state index contributed by atoms with van der Waals surface area (Å²) >= 11 is 5.43. The molecule has 6 heteroatoms. The van der Waals surface area contributed by atoms with E-state index >= 15 is 0 Å². The van der Waals surface area contributed by atoms with Gasteiger partial charge in [-0.15, -0.1) is 11.6 Å². The van der Waals surface area contributed by atoms with E-state index in [1.54, 1.807) is 0 Å². The highest BCUT2D eigenvalue weighted by molar-refractivity contribution is 7.89. The summed E-state index contributed by atoms with van der Waals surface area (Å²) in [6.07, 6.45) is 2.02. The molecule has 0 aliphatic heterocycles. The van der Waals surface area contributed by atoms with Crippen molar-refractivity contribution in [1.29, 1.82) is 0 Å². The Morgan fingerprint density at radius 1 is 1.23 bits per heavy atom. The first-order valence-electron chi connectivity index (χ1n) is 4.36. The molecule has 0 amide bonds. The Morgan fingerprint density at radius 2 is 1.92 bits per heavy atom. The molecule has 4 nitrogen and oxygen atoms in total. The fourth-order valence-corrected chi connectivity index (χ4v) is 2.16. The first-order valence-corrected chi connectivity index (χ1v) is 6.54. The van der Waals surface area contributed by atoms with Gasteiger partial charge < -0.3 is 5.73 Å². The van der Waals surface area contributed by atoms with Gasteiger partial charge in [0, 0.05) is 12.4 Å². The third-order valence-corrected chi connectivity index (χ3v) is 3.24. The van der Waals surface area contributed by atoms with Crippen LogP contribution in [-0.2, 0) is 10.0 Å². The van der Waals surface area contributed by atoms with Crippen molar-refractivity contribution in [3.05, 3.63) is 0 Å². The predicted octanol–water partition coefficient (Wildman–Crippen LogP) is 0.274. The highest BCUT2D eigenvalue weighted by Crippen LogP contribution is 1.96. The maximum atomic E-state index is 11.2. The molecular formula is C7H17ClN2O2S. The fourth-order valence-electron chi connectivity index (χ4n) is 0.788. The van der Waals surface area contributed by atoms with Crippen molar-refractivity contribution in [2.24, 2.45) is 5.73 Å². The average molecular weight is 229 g/mol. The maximum Gasteiger partial charge on any atom is 0.211 e. The van der Waals surface area contributed by atoms with Gasteiger partial charge in [0.15, 0.2) is 0 Å². The summed E-state index contributed by atoms with van der Waals surface area (Å²) in [6.45, 7) is 0.934. The molecule has 0 radical (unpaired) electrons. The van der Waals surface area contributed by atoms with Gasteiger partial charge in [0.1, 0.15) is 0 Å². The second-order valence-electron chi connectivity index (χ2n) is 2.75. The molecule has 0 aromatic heterocycles. The molecule has 13 heavy (non-hydrogen) atoms. The van der Waals surface area contributed by atoms with E-state index in [1.165, 1.54) is 0 Å². The van der Waals surface area contributed by atoms with Gasteiger partial charge in [-0.25, -0.2) is 13.1 Å². The number of hydrogen-bond donors (Lipinski definition) is 2. The van der Waals surface area contributed by atoms with Crippen LogP contribution in [-0.4, -0.2) is 33.1 Å². The Labute approximate surface area is 84.9 Å². The van der Waals surface area contributed by atoms with Gasteiger partial charge >= 0.3 is 0 Å². The van der Waals surface area contributed by atoms with E-state index in [0.29, 0.717) is 31.8 Å². The van der Waals surface area contributed by atoms with Gasteiger partial charge in [0.2, 0.25) is 10.0 Å². The van der Waals surface area contributed by atoms with Crippen molar-refractivity contribution >= 4 is 21.6 Å². The molecule has 0 fully saturated rings. The Morgan fingerprint density at radius 3 is 2.46 bits per heavy atom. The molecule has 0 aliphatic carbocycles. The monoisotopic (exact) mass is 228 g/mol. The maximum absolute atomic E-state index is 11.2. The van der Waals surface area contributed by atoms with Crippen molar-refractivity contribution < 1.29 is 8.42 Å². The molecule has 0 atom stereocenters. The summed E-state index contributed by atoms with van der Waals surface area (Å²) in [7, 11) is -3.09. The van der Waals surface area contributed by atoms with Crippen LogP contribution in [0.2, 0.25) is 0 Å². The molecule has 0 spiro atoms. The number of sulfonamides is 1. The summed E-state index contributed by atoms with van der Waals surface area (Å²) in [5, 5.41) is 0. The topological polar surface area (TPSA) is 72.2 Å². The molecular weight excluding hydrogens is 212 g/mol. The summed E-state index contributed by atoms with van der Waals surface area (Å²) in [5.41, 5.74) is 5.23. The van der Waals surface area contributed by atoms with Crippen LogP contribution < -0.4 is 10.5 Å². The lowest BCUT2D eigenvalue weighted by atomic mass is 10.4. The lowest BCUT2D eigenvalue weighted by Crippen LogP contribution is -2.28.